The molecular weight excluding hydrogens is 362 g/mol. The SMILES string of the molecule is Cc1cc2[nH]c(-c3n[nH]c4c3C[C@@H]3C[C@]3(C)C4)nc2cc1N(C)C(=O)C1CCC1. The molecule has 150 valence electrons. The molecule has 6 nitrogen and oxygen atoms in total. The van der Waals surface area contributed by atoms with Crippen LogP contribution >= 0.6 is 0 Å². The van der Waals surface area contributed by atoms with E-state index in [9.17, 15) is 4.79 Å². The number of aryl methyl sites for hydroxylation is 1. The van der Waals surface area contributed by atoms with Crippen molar-refractivity contribution >= 4 is 22.6 Å². The second kappa shape index (κ2) is 5.71. The van der Waals surface area contributed by atoms with Gasteiger partial charge in [0.05, 0.1) is 11.0 Å². The zero-order chi connectivity index (χ0) is 19.9. The van der Waals surface area contributed by atoms with Gasteiger partial charge in [0.2, 0.25) is 5.91 Å². The average molecular weight is 390 g/mol. The number of H-pyrrole nitrogens is 2. The van der Waals surface area contributed by atoms with Crippen molar-refractivity contribution in [2.24, 2.45) is 17.3 Å². The number of benzene rings is 1. The molecule has 0 saturated heterocycles. The van der Waals surface area contributed by atoms with E-state index in [1.165, 1.54) is 24.1 Å². The van der Waals surface area contributed by atoms with Crippen molar-refractivity contribution in [2.45, 2.75) is 52.4 Å². The Morgan fingerprint density at radius 3 is 2.90 bits per heavy atom. The molecule has 3 aliphatic rings. The summed E-state index contributed by atoms with van der Waals surface area (Å²) in [6, 6.07) is 4.14. The van der Waals surface area contributed by atoms with Crippen LogP contribution in [0.1, 0.15) is 49.4 Å². The van der Waals surface area contributed by atoms with Gasteiger partial charge in [0.25, 0.3) is 0 Å². The molecule has 3 aromatic rings. The molecule has 2 fully saturated rings. The number of hydrogen-bond acceptors (Lipinski definition) is 3. The van der Waals surface area contributed by atoms with Crippen LogP contribution in [0.25, 0.3) is 22.6 Å². The predicted molar refractivity (Wildman–Crippen MR) is 113 cm³/mol. The molecular formula is C23H27N5O. The molecule has 2 N–H and O–H groups in total. The molecule has 0 bridgehead atoms. The Labute approximate surface area is 170 Å². The molecule has 2 aromatic heterocycles. The van der Waals surface area contributed by atoms with Crippen molar-refractivity contribution in [2.75, 3.05) is 11.9 Å². The fourth-order valence-electron chi connectivity index (χ4n) is 5.33. The maximum absolute atomic E-state index is 12.7. The smallest absolute Gasteiger partial charge is 0.229 e. The normalized spacial score (nSPS) is 25.4. The minimum atomic E-state index is 0.188. The molecule has 29 heavy (non-hydrogen) atoms. The highest BCUT2D eigenvalue weighted by molar-refractivity contribution is 5.98. The number of aromatic amines is 2. The van der Waals surface area contributed by atoms with Gasteiger partial charge < -0.3 is 9.88 Å². The van der Waals surface area contributed by atoms with Crippen molar-refractivity contribution < 1.29 is 4.79 Å². The average Bonchev–Trinajstić information content (AvgIpc) is 2.95. The summed E-state index contributed by atoms with van der Waals surface area (Å²) < 4.78 is 0. The van der Waals surface area contributed by atoms with Gasteiger partial charge in [0.1, 0.15) is 5.69 Å². The third-order valence-electron chi connectivity index (χ3n) is 7.69. The Morgan fingerprint density at radius 2 is 2.14 bits per heavy atom. The van der Waals surface area contributed by atoms with Gasteiger partial charge >= 0.3 is 0 Å². The van der Waals surface area contributed by atoms with Gasteiger partial charge in [-0.25, -0.2) is 4.98 Å². The van der Waals surface area contributed by atoms with Crippen molar-refractivity contribution in [3.63, 3.8) is 0 Å². The van der Waals surface area contributed by atoms with E-state index in [1.807, 2.05) is 18.0 Å². The fourth-order valence-corrected chi connectivity index (χ4v) is 5.33. The van der Waals surface area contributed by atoms with Gasteiger partial charge in [-0.15, -0.1) is 0 Å². The molecule has 2 saturated carbocycles. The first kappa shape index (κ1) is 17.2. The van der Waals surface area contributed by atoms with Crippen LogP contribution in [0.15, 0.2) is 12.1 Å². The first-order valence-electron chi connectivity index (χ1n) is 10.8. The van der Waals surface area contributed by atoms with E-state index < -0.39 is 0 Å². The Kier molecular flexibility index (Phi) is 3.40. The van der Waals surface area contributed by atoms with Crippen LogP contribution in [0.3, 0.4) is 0 Å². The van der Waals surface area contributed by atoms with E-state index in [0.29, 0.717) is 5.41 Å². The molecule has 0 aliphatic heterocycles. The number of aromatic nitrogens is 4. The number of fused-ring (bicyclic) bond motifs is 3. The molecule has 0 spiro atoms. The number of amides is 1. The standard InChI is InChI=1S/C23H27N5O/c1-12-7-16-17(9-19(12)28(3)22(29)13-5-4-6-13)25-21(24-16)20-15-8-14-10-23(14,2)11-18(15)26-27-20/h7,9,13-14H,4-6,8,10-11H2,1-3H3,(H,24,25)(H,26,27)/t14-,23-/m1/s1. The number of nitrogens with zero attached hydrogens (tertiary/aromatic N) is 3. The maximum Gasteiger partial charge on any atom is 0.229 e. The second-order valence-corrected chi connectivity index (χ2v) is 9.73. The molecule has 3 aliphatic carbocycles. The van der Waals surface area contributed by atoms with E-state index in [0.717, 1.165) is 65.4 Å². The Balaban J connectivity index is 1.36. The number of carbonyl (C=O) groups excluding carboxylic acids is 1. The zero-order valence-electron chi connectivity index (χ0n) is 17.3. The minimum Gasteiger partial charge on any atom is -0.337 e. The first-order valence-corrected chi connectivity index (χ1v) is 10.8. The highest BCUT2D eigenvalue weighted by Gasteiger charge is 2.53. The van der Waals surface area contributed by atoms with Crippen LogP contribution < -0.4 is 4.90 Å². The van der Waals surface area contributed by atoms with Crippen molar-refractivity contribution in [1.82, 2.24) is 20.2 Å². The van der Waals surface area contributed by atoms with Crippen LogP contribution in [-0.4, -0.2) is 33.1 Å². The topological polar surface area (TPSA) is 77.7 Å². The second-order valence-electron chi connectivity index (χ2n) is 9.73. The fraction of sp³-hybridized carbons (Fsp3) is 0.522. The van der Waals surface area contributed by atoms with Crippen LogP contribution in [0.4, 0.5) is 5.69 Å². The molecule has 0 unspecified atom stereocenters. The van der Waals surface area contributed by atoms with Crippen molar-refractivity contribution in [3.05, 3.63) is 29.0 Å². The number of imidazole rings is 1. The summed E-state index contributed by atoms with van der Waals surface area (Å²) in [6.07, 6.45) is 6.70. The predicted octanol–water partition coefficient (Wildman–Crippen LogP) is 4.15. The lowest BCUT2D eigenvalue weighted by atomic mass is 9.84. The Bertz CT molecular complexity index is 1150. The van der Waals surface area contributed by atoms with Gasteiger partial charge in [-0.3, -0.25) is 9.89 Å². The number of carbonyl (C=O) groups is 1. The number of rotatable bonds is 3. The van der Waals surface area contributed by atoms with Crippen LogP contribution in [0.2, 0.25) is 0 Å². The lowest BCUT2D eigenvalue weighted by molar-refractivity contribution is -0.124. The summed E-state index contributed by atoms with van der Waals surface area (Å²) in [5, 5.41) is 7.89. The summed E-state index contributed by atoms with van der Waals surface area (Å²) in [6.45, 7) is 4.44. The van der Waals surface area contributed by atoms with Crippen LogP contribution in [0, 0.1) is 24.2 Å². The molecule has 0 radical (unpaired) electrons. The summed E-state index contributed by atoms with van der Waals surface area (Å²) in [5.41, 5.74) is 7.97. The van der Waals surface area contributed by atoms with E-state index in [4.69, 9.17) is 4.98 Å². The number of hydrogen-bond donors (Lipinski definition) is 2. The van der Waals surface area contributed by atoms with Crippen molar-refractivity contribution in [1.29, 1.82) is 0 Å². The van der Waals surface area contributed by atoms with E-state index >= 15 is 0 Å². The van der Waals surface area contributed by atoms with Gasteiger partial charge in [-0.2, -0.15) is 5.10 Å². The third-order valence-corrected chi connectivity index (χ3v) is 7.69. The third kappa shape index (κ3) is 2.51. The Morgan fingerprint density at radius 1 is 1.31 bits per heavy atom. The summed E-state index contributed by atoms with van der Waals surface area (Å²) in [5.74, 6) is 2.03. The van der Waals surface area contributed by atoms with Crippen molar-refractivity contribution in [3.8, 4) is 11.5 Å². The summed E-state index contributed by atoms with van der Waals surface area (Å²) in [7, 11) is 1.89. The molecule has 1 amide bonds. The van der Waals surface area contributed by atoms with E-state index in [-0.39, 0.29) is 11.8 Å². The quantitative estimate of drug-likeness (QED) is 0.706. The van der Waals surface area contributed by atoms with Gasteiger partial charge in [-0.1, -0.05) is 13.3 Å². The monoisotopic (exact) mass is 389 g/mol. The lowest BCUT2D eigenvalue weighted by Crippen LogP contribution is -2.36. The molecule has 1 aromatic carbocycles. The van der Waals surface area contributed by atoms with E-state index in [2.05, 4.69) is 35.1 Å². The number of nitrogens with one attached hydrogen (secondary N) is 2. The number of anilines is 1. The Hall–Kier alpha value is -2.63. The minimum absolute atomic E-state index is 0.188. The molecule has 6 rings (SSSR count). The van der Waals surface area contributed by atoms with Crippen LogP contribution in [-0.2, 0) is 17.6 Å². The molecule has 2 heterocycles. The van der Waals surface area contributed by atoms with Gasteiger partial charge in [0, 0.05) is 29.9 Å². The van der Waals surface area contributed by atoms with Gasteiger partial charge in [0.15, 0.2) is 5.82 Å². The molecule has 2 atom stereocenters. The maximum atomic E-state index is 12.7. The summed E-state index contributed by atoms with van der Waals surface area (Å²) >= 11 is 0. The van der Waals surface area contributed by atoms with E-state index in [1.54, 1.807) is 0 Å². The zero-order valence-corrected chi connectivity index (χ0v) is 17.3. The van der Waals surface area contributed by atoms with Crippen LogP contribution in [0.5, 0.6) is 0 Å². The first-order chi connectivity index (χ1) is 13.9. The highest BCUT2D eigenvalue weighted by Crippen LogP contribution is 2.59. The lowest BCUT2D eigenvalue weighted by Gasteiger charge is -2.30. The van der Waals surface area contributed by atoms with Gasteiger partial charge in [-0.05, 0) is 68.1 Å². The molecule has 6 heteroatoms. The largest absolute Gasteiger partial charge is 0.337 e. The summed E-state index contributed by atoms with van der Waals surface area (Å²) in [4.78, 5) is 22.9. The highest BCUT2D eigenvalue weighted by atomic mass is 16.2.